The van der Waals surface area contributed by atoms with Crippen molar-refractivity contribution in [1.29, 1.82) is 0 Å². The lowest BCUT2D eigenvalue weighted by Crippen LogP contribution is -2.05. The number of thiophene rings is 1. The van der Waals surface area contributed by atoms with Gasteiger partial charge in [-0.05, 0) is 30.1 Å². The third-order valence-corrected chi connectivity index (χ3v) is 2.79. The van der Waals surface area contributed by atoms with Crippen LogP contribution in [0.5, 0.6) is 0 Å². The van der Waals surface area contributed by atoms with Gasteiger partial charge in [0.2, 0.25) is 0 Å². The minimum Gasteiger partial charge on any atom is -0.330 e. The van der Waals surface area contributed by atoms with Crippen LogP contribution in [0.1, 0.15) is 5.69 Å². The highest BCUT2D eigenvalue weighted by atomic mass is 32.1. The van der Waals surface area contributed by atoms with E-state index in [1.54, 1.807) is 11.3 Å². The van der Waals surface area contributed by atoms with Crippen molar-refractivity contribution in [3.63, 3.8) is 0 Å². The molecule has 0 unspecified atom stereocenters. The number of aromatic nitrogens is 2. The highest BCUT2D eigenvalue weighted by molar-refractivity contribution is 7.13. The second-order valence-electron chi connectivity index (χ2n) is 2.93. The van der Waals surface area contributed by atoms with Crippen molar-refractivity contribution in [3.8, 4) is 10.6 Å². The summed E-state index contributed by atoms with van der Waals surface area (Å²) in [6, 6.07) is 8.02. The molecule has 72 valence electrons. The maximum absolute atomic E-state index is 5.43. The summed E-state index contributed by atoms with van der Waals surface area (Å²) in [6.07, 6.45) is 0.789. The molecule has 0 aliphatic heterocycles. The summed E-state index contributed by atoms with van der Waals surface area (Å²) in [6.45, 7) is 0.618. The zero-order valence-electron chi connectivity index (χ0n) is 7.68. The van der Waals surface area contributed by atoms with Crippen molar-refractivity contribution < 1.29 is 0 Å². The van der Waals surface area contributed by atoms with Gasteiger partial charge in [0.1, 0.15) is 5.69 Å². The molecule has 2 rings (SSSR count). The van der Waals surface area contributed by atoms with Crippen molar-refractivity contribution in [2.75, 3.05) is 6.54 Å². The normalized spacial score (nSPS) is 10.4. The molecule has 2 aromatic heterocycles. The van der Waals surface area contributed by atoms with Gasteiger partial charge in [0.15, 0.2) is 0 Å². The smallest absolute Gasteiger partial charge is 0.103 e. The first kappa shape index (κ1) is 9.30. The minimum atomic E-state index is 0.618. The van der Waals surface area contributed by atoms with Crippen LogP contribution in [0.4, 0.5) is 0 Å². The predicted molar refractivity (Wildman–Crippen MR) is 58.1 cm³/mol. The molecule has 2 aromatic rings. The van der Waals surface area contributed by atoms with Crippen LogP contribution in [-0.2, 0) is 6.42 Å². The molecule has 3 nitrogen and oxygen atoms in total. The number of nitrogens with two attached hydrogens (primary N) is 1. The van der Waals surface area contributed by atoms with E-state index in [-0.39, 0.29) is 0 Å². The Hall–Kier alpha value is -1.26. The maximum atomic E-state index is 5.43. The van der Waals surface area contributed by atoms with Gasteiger partial charge >= 0.3 is 0 Å². The SMILES string of the molecule is NCCc1ccc(-c2cccs2)nn1. The van der Waals surface area contributed by atoms with E-state index in [2.05, 4.69) is 10.2 Å². The zero-order valence-corrected chi connectivity index (χ0v) is 8.50. The van der Waals surface area contributed by atoms with Crippen LogP contribution in [0.2, 0.25) is 0 Å². The standard InChI is InChI=1S/C10H11N3S/c11-6-5-8-3-4-9(13-12-8)10-2-1-7-14-10/h1-4,7H,5-6,11H2. The second kappa shape index (κ2) is 4.30. The third-order valence-electron chi connectivity index (χ3n) is 1.89. The molecular formula is C10H11N3S. The average molecular weight is 205 g/mol. The monoisotopic (exact) mass is 205 g/mol. The predicted octanol–water partition coefficient (Wildman–Crippen LogP) is 1.71. The van der Waals surface area contributed by atoms with Crippen LogP contribution in [0.15, 0.2) is 29.6 Å². The van der Waals surface area contributed by atoms with Gasteiger partial charge in [0.05, 0.1) is 10.6 Å². The highest BCUT2D eigenvalue weighted by Crippen LogP contribution is 2.21. The van der Waals surface area contributed by atoms with Gasteiger partial charge in [-0.25, -0.2) is 0 Å². The van der Waals surface area contributed by atoms with E-state index < -0.39 is 0 Å². The molecule has 0 bridgehead atoms. The quantitative estimate of drug-likeness (QED) is 0.829. The molecule has 0 aromatic carbocycles. The lowest BCUT2D eigenvalue weighted by molar-refractivity contribution is 0.870. The zero-order chi connectivity index (χ0) is 9.80. The van der Waals surface area contributed by atoms with Gasteiger partial charge < -0.3 is 5.73 Å². The number of hydrogen-bond acceptors (Lipinski definition) is 4. The number of hydrogen-bond donors (Lipinski definition) is 1. The molecule has 4 heteroatoms. The van der Waals surface area contributed by atoms with Gasteiger partial charge in [-0.15, -0.1) is 16.4 Å². The number of rotatable bonds is 3. The van der Waals surface area contributed by atoms with Crippen LogP contribution in [0.25, 0.3) is 10.6 Å². The van der Waals surface area contributed by atoms with Crippen LogP contribution < -0.4 is 5.73 Å². The molecule has 0 atom stereocenters. The summed E-state index contributed by atoms with van der Waals surface area (Å²) < 4.78 is 0. The van der Waals surface area contributed by atoms with Gasteiger partial charge in [0.25, 0.3) is 0 Å². The molecule has 0 amide bonds. The number of nitrogens with zero attached hydrogens (tertiary/aromatic N) is 2. The van der Waals surface area contributed by atoms with Gasteiger partial charge in [0, 0.05) is 6.42 Å². The Balaban J connectivity index is 2.22. The summed E-state index contributed by atoms with van der Waals surface area (Å²) in [5, 5.41) is 10.3. The van der Waals surface area contributed by atoms with Crippen molar-refractivity contribution in [3.05, 3.63) is 35.3 Å². The Morgan fingerprint density at radius 1 is 1.21 bits per heavy atom. The van der Waals surface area contributed by atoms with Crippen LogP contribution in [0.3, 0.4) is 0 Å². The summed E-state index contributed by atoms with van der Waals surface area (Å²) in [4.78, 5) is 1.15. The van der Waals surface area contributed by atoms with Crippen molar-refractivity contribution in [1.82, 2.24) is 10.2 Å². The Morgan fingerprint density at radius 2 is 2.14 bits per heavy atom. The van der Waals surface area contributed by atoms with Gasteiger partial charge in [-0.3, -0.25) is 0 Å². The molecule has 14 heavy (non-hydrogen) atoms. The van der Waals surface area contributed by atoms with E-state index >= 15 is 0 Å². The minimum absolute atomic E-state index is 0.618. The Labute approximate surface area is 86.6 Å². The molecule has 2 heterocycles. The topological polar surface area (TPSA) is 51.8 Å². The van der Waals surface area contributed by atoms with E-state index in [1.165, 1.54) is 0 Å². The molecule has 0 aliphatic rings. The summed E-state index contributed by atoms with van der Waals surface area (Å²) in [5.74, 6) is 0. The van der Waals surface area contributed by atoms with Crippen LogP contribution >= 0.6 is 11.3 Å². The largest absolute Gasteiger partial charge is 0.330 e. The van der Waals surface area contributed by atoms with Crippen LogP contribution in [0, 0.1) is 0 Å². The average Bonchev–Trinajstić information content (AvgIpc) is 2.72. The fraction of sp³-hybridized carbons (Fsp3) is 0.200. The van der Waals surface area contributed by atoms with Crippen molar-refractivity contribution in [2.45, 2.75) is 6.42 Å². The molecule has 0 fully saturated rings. The summed E-state index contributed by atoms with van der Waals surface area (Å²) in [7, 11) is 0. The fourth-order valence-electron chi connectivity index (χ4n) is 1.20. The van der Waals surface area contributed by atoms with Gasteiger partial charge in [-0.2, -0.15) is 5.10 Å². The second-order valence-corrected chi connectivity index (χ2v) is 3.87. The first-order valence-corrected chi connectivity index (χ1v) is 5.34. The molecule has 0 aliphatic carbocycles. The van der Waals surface area contributed by atoms with Crippen molar-refractivity contribution >= 4 is 11.3 Å². The molecule has 2 N–H and O–H groups in total. The molecule has 0 saturated carbocycles. The van der Waals surface area contributed by atoms with Crippen molar-refractivity contribution in [2.24, 2.45) is 5.73 Å². The summed E-state index contributed by atoms with van der Waals surface area (Å²) >= 11 is 1.67. The Bertz CT molecular complexity index is 380. The lowest BCUT2D eigenvalue weighted by Gasteiger charge is -1.98. The maximum Gasteiger partial charge on any atom is 0.103 e. The third kappa shape index (κ3) is 1.97. The fourth-order valence-corrected chi connectivity index (χ4v) is 1.89. The van der Waals surface area contributed by atoms with E-state index in [1.807, 2.05) is 29.6 Å². The highest BCUT2D eigenvalue weighted by Gasteiger charge is 2.00. The Morgan fingerprint density at radius 3 is 2.71 bits per heavy atom. The first-order valence-electron chi connectivity index (χ1n) is 4.46. The van der Waals surface area contributed by atoms with E-state index in [0.717, 1.165) is 22.7 Å². The first-order chi connectivity index (χ1) is 6.90. The van der Waals surface area contributed by atoms with Gasteiger partial charge in [-0.1, -0.05) is 6.07 Å². The van der Waals surface area contributed by atoms with Crippen LogP contribution in [-0.4, -0.2) is 16.7 Å². The van der Waals surface area contributed by atoms with E-state index in [0.29, 0.717) is 6.54 Å². The molecule has 0 radical (unpaired) electrons. The summed E-state index contributed by atoms with van der Waals surface area (Å²) in [5.41, 5.74) is 7.31. The Kier molecular flexibility index (Phi) is 2.86. The van der Waals surface area contributed by atoms with E-state index in [4.69, 9.17) is 5.73 Å². The molecule has 0 spiro atoms. The lowest BCUT2D eigenvalue weighted by atomic mass is 10.2. The van der Waals surface area contributed by atoms with E-state index in [9.17, 15) is 0 Å². The molecular weight excluding hydrogens is 194 g/mol. The molecule has 0 saturated heterocycles.